The van der Waals surface area contributed by atoms with Gasteiger partial charge in [-0.15, -0.1) is 11.6 Å². The molecule has 4 rings (SSSR count). The van der Waals surface area contributed by atoms with Crippen molar-refractivity contribution in [2.45, 2.75) is 75.2 Å². The van der Waals surface area contributed by atoms with Gasteiger partial charge in [-0.25, -0.2) is 0 Å². The van der Waals surface area contributed by atoms with E-state index in [-0.39, 0.29) is 0 Å². The second kappa shape index (κ2) is 4.65. The highest BCUT2D eigenvalue weighted by molar-refractivity contribution is 6.20. The first kappa shape index (κ1) is 12.5. The summed E-state index contributed by atoms with van der Waals surface area (Å²) in [7, 11) is 0. The minimum absolute atomic E-state index is 0.309. The summed E-state index contributed by atoms with van der Waals surface area (Å²) in [5.74, 6) is 2.98. The lowest BCUT2D eigenvalue weighted by atomic mass is 9.85. The Morgan fingerprint density at radius 3 is 2.32 bits per heavy atom. The summed E-state index contributed by atoms with van der Waals surface area (Å²) in [5.41, 5.74) is 0. The fourth-order valence-electron chi connectivity index (χ4n) is 5.47. The third-order valence-electron chi connectivity index (χ3n) is 6.28. The molecule has 0 radical (unpaired) electrons. The van der Waals surface area contributed by atoms with Gasteiger partial charge in [-0.3, -0.25) is 4.79 Å². The van der Waals surface area contributed by atoms with Crippen molar-refractivity contribution >= 4 is 17.5 Å². The van der Waals surface area contributed by atoms with E-state index in [1.54, 1.807) is 0 Å². The molecule has 1 amide bonds. The van der Waals surface area contributed by atoms with E-state index in [0.29, 0.717) is 29.3 Å². The molecule has 0 N–H and O–H groups in total. The Balaban J connectivity index is 1.41. The first-order chi connectivity index (χ1) is 9.20. The van der Waals surface area contributed by atoms with E-state index < -0.39 is 0 Å². The van der Waals surface area contributed by atoms with Crippen LogP contribution in [0.15, 0.2) is 0 Å². The van der Waals surface area contributed by atoms with Gasteiger partial charge in [-0.05, 0) is 62.7 Å². The highest BCUT2D eigenvalue weighted by Gasteiger charge is 2.45. The zero-order valence-corrected chi connectivity index (χ0v) is 12.3. The summed E-state index contributed by atoms with van der Waals surface area (Å²) < 4.78 is 0. The van der Waals surface area contributed by atoms with Crippen molar-refractivity contribution in [2.24, 2.45) is 17.8 Å². The largest absolute Gasteiger partial charge is 0.337 e. The molecule has 4 bridgehead atoms. The Hall–Kier alpha value is -0.240. The maximum absolute atomic E-state index is 12.7. The normalized spacial score (nSPS) is 47.9. The van der Waals surface area contributed by atoms with Crippen LogP contribution in [-0.4, -0.2) is 28.3 Å². The second-order valence-corrected chi connectivity index (χ2v) is 8.01. The van der Waals surface area contributed by atoms with Gasteiger partial charge in [0.2, 0.25) is 5.91 Å². The van der Waals surface area contributed by atoms with Crippen molar-refractivity contribution in [3.63, 3.8) is 0 Å². The van der Waals surface area contributed by atoms with Crippen molar-refractivity contribution < 1.29 is 4.79 Å². The number of amides is 1. The molecule has 2 aliphatic heterocycles. The minimum atomic E-state index is 0.309. The lowest BCUT2D eigenvalue weighted by molar-refractivity contribution is -0.136. The standard InChI is InChI=1S/C16H24ClNO/c17-13-8-14-3-4-15(9-13)18(14)16(19)7-12-6-10-1-2-11(12)5-10/h10-15H,1-9H2. The topological polar surface area (TPSA) is 20.3 Å². The Morgan fingerprint density at radius 2 is 1.74 bits per heavy atom. The van der Waals surface area contributed by atoms with Gasteiger partial charge in [-0.2, -0.15) is 0 Å². The highest BCUT2D eigenvalue weighted by atomic mass is 35.5. The van der Waals surface area contributed by atoms with Crippen LogP contribution in [0.1, 0.15) is 57.8 Å². The molecule has 19 heavy (non-hydrogen) atoms. The Labute approximate surface area is 120 Å². The maximum atomic E-state index is 12.7. The quantitative estimate of drug-likeness (QED) is 0.709. The first-order valence-corrected chi connectivity index (χ1v) is 8.59. The number of carbonyl (C=O) groups excluding carboxylic acids is 1. The van der Waals surface area contributed by atoms with Crippen LogP contribution in [0.4, 0.5) is 0 Å². The maximum Gasteiger partial charge on any atom is 0.223 e. The van der Waals surface area contributed by atoms with Crippen LogP contribution in [0.3, 0.4) is 0 Å². The number of fused-ring (bicyclic) bond motifs is 4. The summed E-state index contributed by atoms with van der Waals surface area (Å²) >= 11 is 6.30. The predicted molar refractivity (Wildman–Crippen MR) is 76.1 cm³/mol. The summed E-state index contributed by atoms with van der Waals surface area (Å²) in [6.45, 7) is 0. The molecular weight excluding hydrogens is 258 g/mol. The second-order valence-electron chi connectivity index (χ2n) is 7.39. The van der Waals surface area contributed by atoms with Crippen LogP contribution >= 0.6 is 11.6 Å². The fourth-order valence-corrected chi connectivity index (χ4v) is 5.89. The molecule has 5 atom stereocenters. The van der Waals surface area contributed by atoms with E-state index >= 15 is 0 Å². The third kappa shape index (κ3) is 2.11. The van der Waals surface area contributed by atoms with Crippen LogP contribution in [0.5, 0.6) is 0 Å². The van der Waals surface area contributed by atoms with Gasteiger partial charge in [0.1, 0.15) is 0 Å². The van der Waals surface area contributed by atoms with Crippen LogP contribution in [-0.2, 0) is 4.79 Å². The van der Waals surface area contributed by atoms with E-state index in [1.807, 2.05) is 0 Å². The van der Waals surface area contributed by atoms with E-state index in [0.717, 1.165) is 31.1 Å². The molecule has 4 fully saturated rings. The average molecular weight is 282 g/mol. The number of hydrogen-bond acceptors (Lipinski definition) is 1. The molecule has 2 nitrogen and oxygen atoms in total. The van der Waals surface area contributed by atoms with Gasteiger partial charge in [0.15, 0.2) is 0 Å². The van der Waals surface area contributed by atoms with Crippen molar-refractivity contribution in [3.05, 3.63) is 0 Å². The van der Waals surface area contributed by atoms with Crippen molar-refractivity contribution in [2.75, 3.05) is 0 Å². The number of rotatable bonds is 2. The van der Waals surface area contributed by atoms with Gasteiger partial charge in [0.05, 0.1) is 0 Å². The third-order valence-corrected chi connectivity index (χ3v) is 6.64. The Kier molecular flexibility index (Phi) is 3.06. The average Bonchev–Trinajstić information content (AvgIpc) is 3.03. The molecule has 106 valence electrons. The molecule has 5 unspecified atom stereocenters. The molecule has 4 aliphatic rings. The summed E-state index contributed by atoms with van der Waals surface area (Å²) in [6, 6.07) is 0.930. The van der Waals surface area contributed by atoms with E-state index in [4.69, 9.17) is 11.6 Å². The van der Waals surface area contributed by atoms with Crippen molar-refractivity contribution in [1.29, 1.82) is 0 Å². The predicted octanol–water partition coefficient (Wildman–Crippen LogP) is 3.57. The molecule has 0 aromatic rings. The van der Waals surface area contributed by atoms with Gasteiger partial charge < -0.3 is 4.90 Å². The fraction of sp³-hybridized carbons (Fsp3) is 0.938. The lowest BCUT2D eigenvalue weighted by Gasteiger charge is -2.38. The van der Waals surface area contributed by atoms with Gasteiger partial charge in [0.25, 0.3) is 0 Å². The molecule has 2 aliphatic carbocycles. The molecule has 2 heterocycles. The molecule has 0 spiro atoms. The van der Waals surface area contributed by atoms with Gasteiger partial charge in [-0.1, -0.05) is 6.42 Å². The van der Waals surface area contributed by atoms with Gasteiger partial charge in [0, 0.05) is 23.9 Å². The zero-order valence-electron chi connectivity index (χ0n) is 11.6. The van der Waals surface area contributed by atoms with Crippen molar-refractivity contribution in [3.8, 4) is 0 Å². The first-order valence-electron chi connectivity index (χ1n) is 8.16. The molecule has 3 heteroatoms. The SMILES string of the molecule is O=C(CC1CC2CCC1C2)N1C2CCC1CC(Cl)C2. The monoisotopic (exact) mass is 281 g/mol. The number of nitrogens with zero attached hydrogens (tertiary/aromatic N) is 1. The van der Waals surface area contributed by atoms with Crippen LogP contribution in [0.2, 0.25) is 0 Å². The molecule has 2 saturated carbocycles. The van der Waals surface area contributed by atoms with E-state index in [1.165, 1.54) is 38.5 Å². The summed E-state index contributed by atoms with van der Waals surface area (Å²) in [6.07, 6.45) is 10.8. The van der Waals surface area contributed by atoms with Crippen LogP contribution in [0.25, 0.3) is 0 Å². The Bertz CT molecular complexity index is 371. The molecule has 2 saturated heterocycles. The number of halogens is 1. The number of piperidine rings is 1. The van der Waals surface area contributed by atoms with E-state index in [2.05, 4.69) is 4.90 Å². The van der Waals surface area contributed by atoms with Gasteiger partial charge >= 0.3 is 0 Å². The summed E-state index contributed by atoms with van der Waals surface area (Å²) in [4.78, 5) is 14.9. The number of hydrogen-bond donors (Lipinski definition) is 0. The zero-order chi connectivity index (χ0) is 13.0. The van der Waals surface area contributed by atoms with Crippen LogP contribution in [0, 0.1) is 17.8 Å². The molecule has 0 aromatic heterocycles. The van der Waals surface area contributed by atoms with Crippen LogP contribution < -0.4 is 0 Å². The lowest BCUT2D eigenvalue weighted by Crippen LogP contribution is -2.47. The van der Waals surface area contributed by atoms with Crippen molar-refractivity contribution in [1.82, 2.24) is 4.90 Å². The Morgan fingerprint density at radius 1 is 1.00 bits per heavy atom. The van der Waals surface area contributed by atoms with E-state index in [9.17, 15) is 4.79 Å². The molecule has 0 aromatic carbocycles. The number of carbonyl (C=O) groups is 1. The number of alkyl halides is 1. The molecular formula is C16H24ClNO. The summed E-state index contributed by atoms with van der Waals surface area (Å²) in [5, 5.41) is 0.309. The smallest absolute Gasteiger partial charge is 0.223 e. The highest BCUT2D eigenvalue weighted by Crippen LogP contribution is 2.50. The minimum Gasteiger partial charge on any atom is -0.337 e.